The molecule has 0 spiro atoms. The summed E-state index contributed by atoms with van der Waals surface area (Å²) in [6.07, 6.45) is 0.579. The average Bonchev–Trinajstić information content (AvgIpc) is 2.50. The van der Waals surface area contributed by atoms with E-state index in [0.717, 1.165) is 6.20 Å². The highest BCUT2D eigenvalue weighted by Gasteiger charge is 2.39. The fourth-order valence-electron chi connectivity index (χ4n) is 1.48. The van der Waals surface area contributed by atoms with E-state index < -0.39 is 18.3 Å². The molecule has 0 aromatic carbocycles. The molecule has 7 heteroatoms. The summed E-state index contributed by atoms with van der Waals surface area (Å²) in [5.41, 5.74) is 0. The fourth-order valence-corrected chi connectivity index (χ4v) is 1.60. The summed E-state index contributed by atoms with van der Waals surface area (Å²) in [6.45, 7) is -0.464. The van der Waals surface area contributed by atoms with Crippen LogP contribution in [0.25, 0.3) is 0 Å². The first-order valence-electron chi connectivity index (χ1n) is 4.29. The number of rotatable bonds is 1. The van der Waals surface area contributed by atoms with Gasteiger partial charge in [-0.05, 0) is 11.6 Å². The molecule has 2 heterocycles. The van der Waals surface area contributed by atoms with Crippen LogP contribution in [0.5, 0.6) is 0 Å². The second kappa shape index (κ2) is 3.52. The molecule has 1 fully saturated rings. The molecular formula is C8H7ClF3N3. The van der Waals surface area contributed by atoms with E-state index in [1.54, 1.807) is 0 Å². The van der Waals surface area contributed by atoms with Crippen LogP contribution in [0.1, 0.15) is 6.42 Å². The van der Waals surface area contributed by atoms with Crippen LogP contribution in [0.15, 0.2) is 6.20 Å². The Hall–Kier alpha value is -1.04. The van der Waals surface area contributed by atoms with Crippen molar-refractivity contribution in [3.05, 3.63) is 17.3 Å². The highest BCUT2D eigenvalue weighted by atomic mass is 35.5. The predicted octanol–water partition coefficient (Wildman–Crippen LogP) is 2.11. The molecule has 0 N–H and O–H groups in total. The van der Waals surface area contributed by atoms with E-state index in [2.05, 4.69) is 9.97 Å². The van der Waals surface area contributed by atoms with Crippen molar-refractivity contribution >= 4 is 17.4 Å². The Bertz CT molecular complexity index is 385. The number of aromatic nitrogens is 2. The van der Waals surface area contributed by atoms with Crippen LogP contribution in [-0.4, -0.2) is 29.0 Å². The van der Waals surface area contributed by atoms with Crippen LogP contribution in [-0.2, 0) is 0 Å². The van der Waals surface area contributed by atoms with Crippen LogP contribution >= 0.6 is 11.6 Å². The summed E-state index contributed by atoms with van der Waals surface area (Å²) in [5, 5.41) is -0.151. The van der Waals surface area contributed by atoms with Crippen LogP contribution < -0.4 is 4.90 Å². The molecule has 1 aromatic rings. The molecule has 82 valence electrons. The summed E-state index contributed by atoms with van der Waals surface area (Å²) in [7, 11) is 0. The Balaban J connectivity index is 2.27. The van der Waals surface area contributed by atoms with Gasteiger partial charge in [0, 0.05) is 13.0 Å². The molecule has 0 atom stereocenters. The monoisotopic (exact) mass is 237 g/mol. The van der Waals surface area contributed by atoms with Gasteiger partial charge in [-0.25, -0.2) is 18.2 Å². The lowest BCUT2D eigenvalue weighted by atomic mass is 10.3. The molecule has 15 heavy (non-hydrogen) atoms. The maximum Gasteiger partial charge on any atom is 0.266 e. The Morgan fingerprint density at radius 1 is 1.47 bits per heavy atom. The van der Waals surface area contributed by atoms with Gasteiger partial charge in [0.05, 0.1) is 12.7 Å². The largest absolute Gasteiger partial charge is 0.348 e. The van der Waals surface area contributed by atoms with Gasteiger partial charge in [-0.2, -0.15) is 4.98 Å². The van der Waals surface area contributed by atoms with Gasteiger partial charge >= 0.3 is 0 Å². The minimum atomic E-state index is -2.79. The first-order chi connectivity index (χ1) is 6.98. The van der Waals surface area contributed by atoms with Gasteiger partial charge in [-0.1, -0.05) is 0 Å². The molecule has 0 bridgehead atoms. The average molecular weight is 238 g/mol. The summed E-state index contributed by atoms with van der Waals surface area (Å²) >= 11 is 5.46. The molecule has 0 amide bonds. The number of anilines is 1. The minimum Gasteiger partial charge on any atom is -0.348 e. The van der Waals surface area contributed by atoms with E-state index in [1.165, 1.54) is 4.90 Å². The van der Waals surface area contributed by atoms with E-state index >= 15 is 0 Å². The van der Waals surface area contributed by atoms with E-state index in [-0.39, 0.29) is 24.1 Å². The smallest absolute Gasteiger partial charge is 0.266 e. The lowest BCUT2D eigenvalue weighted by Gasteiger charge is -2.17. The van der Waals surface area contributed by atoms with Crippen molar-refractivity contribution in [1.82, 2.24) is 9.97 Å². The molecule has 1 aliphatic rings. The zero-order chi connectivity index (χ0) is 11.1. The Kier molecular flexibility index (Phi) is 2.46. The third-order valence-corrected chi connectivity index (χ3v) is 2.35. The van der Waals surface area contributed by atoms with Gasteiger partial charge in [-0.15, -0.1) is 0 Å². The summed E-state index contributed by atoms with van der Waals surface area (Å²) in [6, 6.07) is 0. The number of halogens is 4. The molecule has 0 radical (unpaired) electrons. The quantitative estimate of drug-likeness (QED) is 0.701. The Morgan fingerprint density at radius 3 is 2.80 bits per heavy atom. The van der Waals surface area contributed by atoms with Crippen LogP contribution in [0.4, 0.5) is 19.0 Å². The number of hydrogen-bond acceptors (Lipinski definition) is 3. The van der Waals surface area contributed by atoms with Gasteiger partial charge in [-0.3, -0.25) is 0 Å². The van der Waals surface area contributed by atoms with Crippen molar-refractivity contribution < 1.29 is 13.2 Å². The van der Waals surface area contributed by atoms with Crippen molar-refractivity contribution in [3.63, 3.8) is 0 Å². The van der Waals surface area contributed by atoms with Gasteiger partial charge < -0.3 is 4.90 Å². The predicted molar refractivity (Wildman–Crippen MR) is 48.8 cm³/mol. The Labute approximate surface area is 88.9 Å². The zero-order valence-corrected chi connectivity index (χ0v) is 8.31. The fraction of sp³-hybridized carbons (Fsp3) is 0.500. The van der Waals surface area contributed by atoms with Crippen molar-refractivity contribution in [2.24, 2.45) is 0 Å². The van der Waals surface area contributed by atoms with E-state index in [1.807, 2.05) is 0 Å². The second-order valence-electron chi connectivity index (χ2n) is 3.34. The molecule has 1 saturated heterocycles. The molecule has 3 nitrogen and oxygen atoms in total. The molecule has 2 rings (SSSR count). The van der Waals surface area contributed by atoms with Crippen molar-refractivity contribution in [2.45, 2.75) is 12.3 Å². The highest BCUT2D eigenvalue weighted by molar-refractivity contribution is 6.28. The lowest BCUT2D eigenvalue weighted by molar-refractivity contribution is 0.0256. The van der Waals surface area contributed by atoms with E-state index in [0.29, 0.717) is 0 Å². The summed E-state index contributed by atoms with van der Waals surface area (Å²) < 4.78 is 38.9. The normalized spacial score (nSPS) is 19.6. The maximum absolute atomic E-state index is 13.2. The van der Waals surface area contributed by atoms with E-state index in [4.69, 9.17) is 11.6 Å². The van der Waals surface area contributed by atoms with E-state index in [9.17, 15) is 13.2 Å². The number of nitrogens with zero attached hydrogens (tertiary/aromatic N) is 3. The topological polar surface area (TPSA) is 29.0 Å². The minimum absolute atomic E-state index is 0.0667. The first kappa shape index (κ1) is 10.5. The van der Waals surface area contributed by atoms with Crippen LogP contribution in [0.2, 0.25) is 5.28 Å². The van der Waals surface area contributed by atoms with Crippen molar-refractivity contribution in [3.8, 4) is 0 Å². The molecule has 0 saturated carbocycles. The molecular weight excluding hydrogens is 231 g/mol. The van der Waals surface area contributed by atoms with Crippen molar-refractivity contribution in [2.75, 3.05) is 18.0 Å². The van der Waals surface area contributed by atoms with Gasteiger partial charge in [0.1, 0.15) is 0 Å². The van der Waals surface area contributed by atoms with Gasteiger partial charge in [0.2, 0.25) is 5.28 Å². The zero-order valence-electron chi connectivity index (χ0n) is 7.55. The van der Waals surface area contributed by atoms with Gasteiger partial charge in [0.15, 0.2) is 11.6 Å². The molecule has 1 aliphatic heterocycles. The third kappa shape index (κ3) is 2.14. The summed E-state index contributed by atoms with van der Waals surface area (Å²) in [4.78, 5) is 8.17. The number of hydrogen-bond donors (Lipinski definition) is 0. The Morgan fingerprint density at radius 2 is 2.20 bits per heavy atom. The summed E-state index contributed by atoms with van der Waals surface area (Å²) in [5.74, 6) is -3.69. The van der Waals surface area contributed by atoms with Crippen LogP contribution in [0.3, 0.4) is 0 Å². The van der Waals surface area contributed by atoms with Crippen molar-refractivity contribution in [1.29, 1.82) is 0 Å². The third-order valence-electron chi connectivity index (χ3n) is 2.17. The maximum atomic E-state index is 13.2. The highest BCUT2D eigenvalue weighted by Crippen LogP contribution is 2.31. The van der Waals surface area contributed by atoms with Crippen LogP contribution in [0, 0.1) is 5.82 Å². The second-order valence-corrected chi connectivity index (χ2v) is 3.68. The standard InChI is InChI=1S/C8H7ClF3N3/c9-7-13-3-5(10)6(14-7)15-2-1-8(11,12)4-15/h3H,1-2,4H2. The molecule has 0 unspecified atom stereocenters. The van der Waals surface area contributed by atoms with Gasteiger partial charge in [0.25, 0.3) is 5.92 Å². The number of alkyl halides is 2. The first-order valence-corrected chi connectivity index (χ1v) is 4.66. The lowest BCUT2D eigenvalue weighted by Crippen LogP contribution is -2.26. The molecule has 0 aliphatic carbocycles. The molecule has 1 aromatic heterocycles. The SMILES string of the molecule is Fc1cnc(Cl)nc1N1CCC(F)(F)C1.